The van der Waals surface area contributed by atoms with Crippen LogP contribution in [0.3, 0.4) is 0 Å². The van der Waals surface area contributed by atoms with Crippen molar-refractivity contribution < 1.29 is 13.6 Å². The molecule has 0 saturated carbocycles. The van der Waals surface area contributed by atoms with Crippen LogP contribution in [0.4, 0.5) is 4.39 Å². The zero-order valence-corrected chi connectivity index (χ0v) is 16.7. The molecule has 0 radical (unpaired) electrons. The normalized spacial score (nSPS) is 11.0. The largest absolute Gasteiger partial charge is 0.467 e. The first-order valence-electron chi connectivity index (χ1n) is 8.73. The second-order valence-electron chi connectivity index (χ2n) is 6.20. The molecule has 4 aromatic rings. The Bertz CT molecular complexity index is 1110. The molecular weight excluding hydrogens is 413 g/mol. The number of hydrogen-bond donors (Lipinski definition) is 0. The molecule has 0 aliphatic rings. The summed E-state index contributed by atoms with van der Waals surface area (Å²) in [6.45, 7) is 0.422. The van der Waals surface area contributed by atoms with E-state index in [1.807, 2.05) is 28.8 Å². The second kappa shape index (κ2) is 8.63. The Morgan fingerprint density at radius 2 is 1.83 bits per heavy atom. The van der Waals surface area contributed by atoms with Crippen molar-refractivity contribution in [2.24, 2.45) is 0 Å². The average Bonchev–Trinajstić information content (AvgIpc) is 3.38. The number of benzene rings is 2. The van der Waals surface area contributed by atoms with E-state index in [1.54, 1.807) is 18.4 Å². The van der Waals surface area contributed by atoms with E-state index in [0.29, 0.717) is 28.1 Å². The molecule has 0 atom stereocenters. The molecule has 0 saturated heterocycles. The van der Waals surface area contributed by atoms with Crippen LogP contribution in [0.5, 0.6) is 0 Å². The van der Waals surface area contributed by atoms with Gasteiger partial charge >= 0.3 is 0 Å². The Morgan fingerprint density at radius 3 is 2.52 bits per heavy atom. The van der Waals surface area contributed by atoms with Gasteiger partial charge in [0.2, 0.25) is 0 Å². The fourth-order valence-electron chi connectivity index (χ4n) is 2.76. The maximum Gasteiger partial charge on any atom is 0.192 e. The highest BCUT2D eigenvalue weighted by Gasteiger charge is 2.17. The molecule has 0 fully saturated rings. The Balaban J connectivity index is 1.59. The first kappa shape index (κ1) is 19.4. The zero-order valence-electron chi connectivity index (χ0n) is 15.1. The number of Topliss-reactive ketones (excluding diaryl/α,β-unsaturated/α-hetero) is 1. The molecule has 0 aliphatic carbocycles. The van der Waals surface area contributed by atoms with E-state index in [2.05, 4.69) is 10.2 Å². The Labute approximate surface area is 175 Å². The van der Waals surface area contributed by atoms with Crippen LogP contribution in [0, 0.1) is 5.82 Å². The van der Waals surface area contributed by atoms with Gasteiger partial charge in [-0.25, -0.2) is 4.39 Å². The van der Waals surface area contributed by atoms with Crippen LogP contribution in [-0.2, 0) is 6.54 Å². The van der Waals surface area contributed by atoms with Gasteiger partial charge in [-0.2, -0.15) is 0 Å². The first-order valence-corrected chi connectivity index (χ1v) is 10.1. The molecule has 2 heterocycles. The number of carbonyl (C=O) groups excluding carboxylic acids is 1. The van der Waals surface area contributed by atoms with Crippen LogP contribution < -0.4 is 0 Å². The van der Waals surface area contributed by atoms with Crippen LogP contribution in [-0.4, -0.2) is 26.3 Å². The summed E-state index contributed by atoms with van der Waals surface area (Å²) in [4.78, 5) is 12.4. The van der Waals surface area contributed by atoms with E-state index in [0.717, 1.165) is 11.3 Å². The molecule has 0 bridgehead atoms. The number of hydrogen-bond acceptors (Lipinski definition) is 5. The van der Waals surface area contributed by atoms with Crippen molar-refractivity contribution in [3.05, 3.63) is 89.1 Å². The maximum atomic E-state index is 13.1. The van der Waals surface area contributed by atoms with E-state index < -0.39 is 0 Å². The lowest BCUT2D eigenvalue weighted by atomic mass is 10.1. The number of ketones is 1. The summed E-state index contributed by atoms with van der Waals surface area (Å²) in [5.74, 6) is 1.06. The third-order valence-electron chi connectivity index (χ3n) is 4.21. The predicted molar refractivity (Wildman–Crippen MR) is 110 cm³/mol. The van der Waals surface area contributed by atoms with Gasteiger partial charge in [0.1, 0.15) is 11.6 Å². The number of furan rings is 1. The molecule has 2 aromatic heterocycles. The second-order valence-corrected chi connectivity index (χ2v) is 7.58. The van der Waals surface area contributed by atoms with Gasteiger partial charge in [-0.1, -0.05) is 23.4 Å². The van der Waals surface area contributed by atoms with Crippen molar-refractivity contribution in [2.75, 3.05) is 5.75 Å². The summed E-state index contributed by atoms with van der Waals surface area (Å²) in [5, 5.41) is 9.78. The zero-order chi connectivity index (χ0) is 20.2. The molecule has 5 nitrogen and oxygen atoms in total. The molecule has 0 amide bonds. The molecule has 0 aliphatic heterocycles. The van der Waals surface area contributed by atoms with Crippen molar-refractivity contribution in [3.63, 3.8) is 0 Å². The van der Waals surface area contributed by atoms with Gasteiger partial charge in [0.25, 0.3) is 0 Å². The number of thioether (sulfide) groups is 1. The van der Waals surface area contributed by atoms with Gasteiger partial charge in [0.05, 0.1) is 18.6 Å². The minimum absolute atomic E-state index is 0.115. The average molecular weight is 428 g/mol. The molecule has 8 heteroatoms. The summed E-state index contributed by atoms with van der Waals surface area (Å²) < 4.78 is 20.4. The number of nitrogens with zero attached hydrogens (tertiary/aromatic N) is 3. The topological polar surface area (TPSA) is 60.9 Å². The lowest BCUT2D eigenvalue weighted by Gasteiger charge is -2.09. The molecule has 29 heavy (non-hydrogen) atoms. The van der Waals surface area contributed by atoms with Crippen LogP contribution in [0.25, 0.3) is 11.4 Å². The van der Waals surface area contributed by atoms with E-state index in [4.69, 9.17) is 16.0 Å². The fourth-order valence-corrected chi connectivity index (χ4v) is 3.72. The van der Waals surface area contributed by atoms with Crippen molar-refractivity contribution >= 4 is 29.1 Å². The van der Waals surface area contributed by atoms with Crippen molar-refractivity contribution in [2.45, 2.75) is 11.7 Å². The van der Waals surface area contributed by atoms with Crippen molar-refractivity contribution in [1.29, 1.82) is 0 Å². The highest BCUT2D eigenvalue weighted by atomic mass is 35.5. The number of aromatic nitrogens is 3. The predicted octanol–water partition coefficient (Wildman–Crippen LogP) is 5.35. The molecule has 4 rings (SSSR count). The van der Waals surface area contributed by atoms with E-state index in [9.17, 15) is 9.18 Å². The molecule has 146 valence electrons. The van der Waals surface area contributed by atoms with Gasteiger partial charge in [0.15, 0.2) is 16.8 Å². The third kappa shape index (κ3) is 4.58. The summed E-state index contributed by atoms with van der Waals surface area (Å²) in [7, 11) is 0. The fraction of sp³-hybridized carbons (Fsp3) is 0.0952. The maximum absolute atomic E-state index is 13.1. The van der Waals surface area contributed by atoms with Gasteiger partial charge in [-0.3, -0.25) is 9.36 Å². The van der Waals surface area contributed by atoms with E-state index in [-0.39, 0.29) is 17.4 Å². The van der Waals surface area contributed by atoms with Crippen LogP contribution in [0.1, 0.15) is 16.1 Å². The minimum Gasteiger partial charge on any atom is -0.467 e. The van der Waals surface area contributed by atoms with Crippen LogP contribution >= 0.6 is 23.4 Å². The summed E-state index contributed by atoms with van der Waals surface area (Å²) in [5.41, 5.74) is 1.30. The smallest absolute Gasteiger partial charge is 0.192 e. The molecule has 2 aromatic carbocycles. The molecule has 0 spiro atoms. The number of rotatable bonds is 7. The lowest BCUT2D eigenvalue weighted by molar-refractivity contribution is 0.102. The third-order valence-corrected chi connectivity index (χ3v) is 5.43. The Morgan fingerprint density at radius 1 is 1.07 bits per heavy atom. The highest BCUT2D eigenvalue weighted by Crippen LogP contribution is 2.27. The van der Waals surface area contributed by atoms with E-state index >= 15 is 0 Å². The number of halogens is 2. The standard InChI is InChI=1S/C21H15ClFN3O2S/c22-16-7-3-15(4-8-16)20-24-25-21(26(20)12-18-2-1-11-28-18)29-13-19(27)14-5-9-17(23)10-6-14/h1-11H,12-13H2. The summed E-state index contributed by atoms with van der Waals surface area (Å²) in [6, 6.07) is 16.5. The lowest BCUT2D eigenvalue weighted by Crippen LogP contribution is -2.06. The highest BCUT2D eigenvalue weighted by molar-refractivity contribution is 7.99. The number of carbonyl (C=O) groups is 1. The minimum atomic E-state index is -0.375. The Kier molecular flexibility index (Phi) is 5.78. The molecule has 0 N–H and O–H groups in total. The van der Waals surface area contributed by atoms with Crippen LogP contribution in [0.15, 0.2) is 76.5 Å². The SMILES string of the molecule is O=C(CSc1nnc(-c2ccc(Cl)cc2)n1Cc1ccco1)c1ccc(F)cc1. The molecule has 0 unspecified atom stereocenters. The summed E-state index contributed by atoms with van der Waals surface area (Å²) in [6.07, 6.45) is 1.60. The van der Waals surface area contributed by atoms with Gasteiger partial charge < -0.3 is 4.42 Å². The van der Waals surface area contributed by atoms with E-state index in [1.165, 1.54) is 36.0 Å². The van der Waals surface area contributed by atoms with Crippen LogP contribution in [0.2, 0.25) is 5.02 Å². The van der Waals surface area contributed by atoms with Gasteiger partial charge in [-0.05, 0) is 60.7 Å². The van der Waals surface area contributed by atoms with Gasteiger partial charge in [0, 0.05) is 16.1 Å². The first-order chi connectivity index (χ1) is 14.1. The van der Waals surface area contributed by atoms with Crippen molar-refractivity contribution in [3.8, 4) is 11.4 Å². The quantitative estimate of drug-likeness (QED) is 0.294. The monoisotopic (exact) mass is 427 g/mol. The molecular formula is C21H15ClFN3O2S. The Hall–Kier alpha value is -2.90. The van der Waals surface area contributed by atoms with Crippen molar-refractivity contribution in [1.82, 2.24) is 14.8 Å². The summed E-state index contributed by atoms with van der Waals surface area (Å²) >= 11 is 7.26. The van der Waals surface area contributed by atoms with Gasteiger partial charge in [-0.15, -0.1) is 10.2 Å².